The van der Waals surface area contributed by atoms with E-state index >= 15 is 0 Å². The summed E-state index contributed by atoms with van der Waals surface area (Å²) < 4.78 is 12.7. The third kappa shape index (κ3) is 6.51. The summed E-state index contributed by atoms with van der Waals surface area (Å²) in [6.45, 7) is 1.99. The molecule has 4 rings (SSSR count). The number of ether oxygens (including phenoxy) is 2. The lowest BCUT2D eigenvalue weighted by Gasteiger charge is -2.26. The number of benzene rings is 1. The highest BCUT2D eigenvalue weighted by Crippen LogP contribution is 2.38. The molecule has 1 fully saturated rings. The van der Waals surface area contributed by atoms with Gasteiger partial charge in [0.25, 0.3) is 11.0 Å². The number of hydrogen-bond donors (Lipinski definition) is 1. The van der Waals surface area contributed by atoms with Crippen molar-refractivity contribution in [3.05, 3.63) is 61.1 Å². The lowest BCUT2D eigenvalue weighted by molar-refractivity contribution is -0.757. The van der Waals surface area contributed by atoms with Crippen molar-refractivity contribution < 1.29 is 24.2 Å². The van der Waals surface area contributed by atoms with E-state index in [1.807, 2.05) is 6.07 Å². The van der Waals surface area contributed by atoms with Crippen LogP contribution < -0.4 is 10.2 Å². The largest absolute Gasteiger partial charge is 0.480 e. The summed E-state index contributed by atoms with van der Waals surface area (Å²) in [7, 11) is 1.45. The van der Waals surface area contributed by atoms with E-state index in [4.69, 9.17) is 32.7 Å². The molecule has 1 N–H and O–H groups in total. The molecule has 1 aliphatic heterocycles. The zero-order valence-electron chi connectivity index (χ0n) is 19.5. The summed E-state index contributed by atoms with van der Waals surface area (Å²) in [5, 5.41) is 12.7. The maximum absolute atomic E-state index is 13.2. The van der Waals surface area contributed by atoms with E-state index < -0.39 is 11.0 Å². The van der Waals surface area contributed by atoms with Crippen LogP contribution in [0.3, 0.4) is 0 Å². The molecule has 2 aromatic heterocycles. The molecule has 37 heavy (non-hydrogen) atoms. The Kier molecular flexibility index (Phi) is 8.86. The van der Waals surface area contributed by atoms with Crippen molar-refractivity contribution in [3.8, 4) is 34.1 Å². The summed E-state index contributed by atoms with van der Waals surface area (Å²) in [6.07, 6.45) is 0.195. The number of morpholine rings is 1. The Bertz CT molecular complexity index is 1360. The minimum atomic E-state index is -0.855. The molecule has 0 bridgehead atoms. The Morgan fingerprint density at radius 1 is 1.30 bits per heavy atom. The van der Waals surface area contributed by atoms with Crippen LogP contribution in [0.4, 0.5) is 0 Å². The summed E-state index contributed by atoms with van der Waals surface area (Å²) in [4.78, 5) is 33.1. The Morgan fingerprint density at radius 3 is 2.78 bits per heavy atom. The fourth-order valence-corrected chi connectivity index (χ4v) is 4.88. The second kappa shape index (κ2) is 12.3. The number of nitrogens with zero attached hydrogens (tertiary/aromatic N) is 4. The molecular formula is C23H21Cl2N5O6S. The number of methoxy groups -OCH3 is 1. The minimum Gasteiger partial charge on any atom is -0.480 e. The molecule has 0 saturated carbocycles. The molecule has 1 aliphatic rings. The van der Waals surface area contributed by atoms with Crippen molar-refractivity contribution in [2.24, 2.45) is 0 Å². The quantitative estimate of drug-likeness (QED) is 0.189. The highest BCUT2D eigenvalue weighted by molar-refractivity contribution is 7.15. The number of nitrogens with one attached hydrogen (secondary N) is 1. The monoisotopic (exact) mass is 565 g/mol. The van der Waals surface area contributed by atoms with Crippen LogP contribution in [0.25, 0.3) is 16.4 Å². The topological polar surface area (TPSA) is 121 Å². The van der Waals surface area contributed by atoms with Gasteiger partial charge in [0.15, 0.2) is 11.5 Å². The average molecular weight is 566 g/mol. The molecule has 1 aromatic carbocycles. The zero-order chi connectivity index (χ0) is 26.4. The Balaban J connectivity index is 1.72. The van der Waals surface area contributed by atoms with Crippen molar-refractivity contribution in [2.45, 2.75) is 6.42 Å². The highest BCUT2D eigenvalue weighted by Gasteiger charge is 2.28. The number of amides is 1. The van der Waals surface area contributed by atoms with Gasteiger partial charge in [-0.3, -0.25) is 14.8 Å². The van der Waals surface area contributed by atoms with Crippen LogP contribution >= 0.6 is 34.5 Å². The number of rotatable bonds is 8. The standard InChI is InChI=1S/C23H21Cl2N5O6S/c1-34-23-20(22(31)27-28-9-12-35-13-10-28)26-21(17-7-5-15(24)14-18(17)25)29(23)19-8-6-16(37-19)4-2-3-11-36-30(32)33/h5-8,14H,3,9-13H2,1H3,(H,27,31). The van der Waals surface area contributed by atoms with Crippen molar-refractivity contribution in [3.63, 3.8) is 0 Å². The van der Waals surface area contributed by atoms with E-state index in [1.165, 1.54) is 18.4 Å². The molecule has 1 saturated heterocycles. The molecule has 3 aromatic rings. The van der Waals surface area contributed by atoms with Gasteiger partial charge in [-0.15, -0.1) is 21.5 Å². The molecule has 14 heteroatoms. The van der Waals surface area contributed by atoms with Crippen LogP contribution in [0.5, 0.6) is 5.88 Å². The van der Waals surface area contributed by atoms with Crippen LogP contribution in [0.1, 0.15) is 21.8 Å². The summed E-state index contributed by atoms with van der Waals surface area (Å²) >= 11 is 13.9. The lowest BCUT2D eigenvalue weighted by atomic mass is 10.2. The van der Waals surface area contributed by atoms with Gasteiger partial charge in [0.1, 0.15) is 11.6 Å². The molecule has 0 radical (unpaired) electrons. The number of hydrogen-bond acceptors (Lipinski definition) is 9. The fraction of sp³-hybridized carbons (Fsp3) is 0.304. The minimum absolute atomic E-state index is 0.0768. The van der Waals surface area contributed by atoms with E-state index in [2.05, 4.69) is 27.1 Å². The molecule has 0 spiro atoms. The number of thiophene rings is 1. The predicted molar refractivity (Wildman–Crippen MR) is 138 cm³/mol. The molecule has 3 heterocycles. The number of aromatic nitrogens is 2. The van der Waals surface area contributed by atoms with Gasteiger partial charge in [-0.2, -0.15) is 0 Å². The van der Waals surface area contributed by atoms with Gasteiger partial charge in [0.05, 0.1) is 30.2 Å². The van der Waals surface area contributed by atoms with E-state index in [0.717, 1.165) is 0 Å². The molecule has 1 amide bonds. The second-order valence-corrected chi connectivity index (χ2v) is 9.45. The Morgan fingerprint density at radius 2 is 2.08 bits per heavy atom. The molecule has 0 atom stereocenters. The van der Waals surface area contributed by atoms with Gasteiger partial charge in [0.2, 0.25) is 5.88 Å². The van der Waals surface area contributed by atoms with Crippen molar-refractivity contribution >= 4 is 40.4 Å². The predicted octanol–water partition coefficient (Wildman–Crippen LogP) is 3.84. The van der Waals surface area contributed by atoms with E-state index in [1.54, 1.807) is 33.8 Å². The SMILES string of the molecule is COc1c(C(=O)NN2CCOCC2)nc(-c2ccc(Cl)cc2Cl)n1-c1ccc(C#CCCO[N+](=O)[O-])s1. The van der Waals surface area contributed by atoms with Crippen LogP contribution in [0, 0.1) is 22.0 Å². The first kappa shape index (κ1) is 26.7. The van der Waals surface area contributed by atoms with E-state index in [-0.39, 0.29) is 24.6 Å². The zero-order valence-corrected chi connectivity index (χ0v) is 21.9. The number of carbonyl (C=O) groups excluding carboxylic acids is 1. The molecule has 194 valence electrons. The van der Waals surface area contributed by atoms with Gasteiger partial charge in [0, 0.05) is 30.1 Å². The number of hydrazine groups is 1. The molecule has 0 aliphatic carbocycles. The second-order valence-electron chi connectivity index (χ2n) is 7.54. The first-order valence-electron chi connectivity index (χ1n) is 11.0. The number of carbonyl (C=O) groups is 1. The fourth-order valence-electron chi connectivity index (χ4n) is 3.51. The Hall–Kier alpha value is -3.34. The van der Waals surface area contributed by atoms with Crippen molar-refractivity contribution in [1.82, 2.24) is 20.0 Å². The third-order valence-corrected chi connectivity index (χ3v) is 6.67. The maximum Gasteiger partial charge on any atom is 0.294 e. The number of imidazole rings is 1. The van der Waals surface area contributed by atoms with Crippen LogP contribution in [0.15, 0.2) is 30.3 Å². The first-order chi connectivity index (χ1) is 17.9. The van der Waals surface area contributed by atoms with E-state index in [0.29, 0.717) is 57.6 Å². The molecular weight excluding hydrogens is 545 g/mol. The summed E-state index contributed by atoms with van der Waals surface area (Å²) in [5.41, 5.74) is 3.48. The van der Waals surface area contributed by atoms with Gasteiger partial charge < -0.3 is 14.3 Å². The summed E-state index contributed by atoms with van der Waals surface area (Å²) in [6, 6.07) is 8.59. The smallest absolute Gasteiger partial charge is 0.294 e. The maximum atomic E-state index is 13.2. The third-order valence-electron chi connectivity index (χ3n) is 5.13. The first-order valence-corrected chi connectivity index (χ1v) is 12.6. The van der Waals surface area contributed by atoms with E-state index in [9.17, 15) is 14.9 Å². The highest BCUT2D eigenvalue weighted by atomic mass is 35.5. The van der Waals surface area contributed by atoms with Crippen molar-refractivity contribution in [1.29, 1.82) is 0 Å². The molecule has 0 unspecified atom stereocenters. The average Bonchev–Trinajstić information content (AvgIpc) is 3.48. The lowest BCUT2D eigenvalue weighted by Crippen LogP contribution is -2.48. The van der Waals surface area contributed by atoms with Crippen molar-refractivity contribution in [2.75, 3.05) is 40.0 Å². The van der Waals surface area contributed by atoms with Gasteiger partial charge >= 0.3 is 0 Å². The van der Waals surface area contributed by atoms with Gasteiger partial charge in [-0.05, 0) is 30.3 Å². The van der Waals surface area contributed by atoms with Crippen LogP contribution in [-0.4, -0.2) is 65.6 Å². The molecule has 11 nitrogen and oxygen atoms in total. The Labute approximate surface area is 225 Å². The summed E-state index contributed by atoms with van der Waals surface area (Å²) in [5.74, 6) is 5.96. The van der Waals surface area contributed by atoms with Crippen LogP contribution in [0.2, 0.25) is 10.0 Å². The van der Waals surface area contributed by atoms with Gasteiger partial charge in [-0.25, -0.2) is 9.99 Å². The van der Waals surface area contributed by atoms with Gasteiger partial charge in [-0.1, -0.05) is 35.0 Å². The number of halogens is 2. The van der Waals surface area contributed by atoms with Crippen LogP contribution in [-0.2, 0) is 9.57 Å². The normalized spacial score (nSPS) is 13.5.